The first-order chi connectivity index (χ1) is 14.6. The minimum Gasteiger partial charge on any atom is -0.465 e. The Kier molecular flexibility index (Phi) is 6.16. The molecule has 3 aromatic rings. The highest BCUT2D eigenvalue weighted by molar-refractivity contribution is 9.10. The molecule has 0 atom stereocenters. The van der Waals surface area contributed by atoms with Crippen molar-refractivity contribution >= 4 is 27.9 Å². The topological polar surface area (TPSA) is 70.4 Å². The van der Waals surface area contributed by atoms with Crippen molar-refractivity contribution in [3.63, 3.8) is 0 Å². The van der Waals surface area contributed by atoms with Gasteiger partial charge in [-0.3, -0.25) is 0 Å². The van der Waals surface area contributed by atoms with Gasteiger partial charge in [0.05, 0.1) is 25.5 Å². The van der Waals surface area contributed by atoms with Gasteiger partial charge < -0.3 is 9.47 Å². The molecule has 2 aromatic carbocycles. The van der Waals surface area contributed by atoms with Gasteiger partial charge in [0, 0.05) is 10.0 Å². The van der Waals surface area contributed by atoms with Gasteiger partial charge in [0.25, 0.3) is 0 Å². The molecule has 0 aliphatic carbocycles. The normalized spacial score (nSPS) is 11.3. The molecular weight excluding hydrogens is 488 g/mol. The third-order valence-electron chi connectivity index (χ3n) is 4.25. The summed E-state index contributed by atoms with van der Waals surface area (Å²) < 4.78 is 65.2. The van der Waals surface area contributed by atoms with Crippen LogP contribution < -0.4 is 0 Å². The summed E-state index contributed by atoms with van der Waals surface area (Å²) in [7, 11) is 2.05. The van der Waals surface area contributed by atoms with E-state index in [1.165, 1.54) is 12.1 Å². The fourth-order valence-corrected chi connectivity index (χ4v) is 3.37. The number of halogens is 5. The van der Waals surface area contributed by atoms with Crippen LogP contribution in [0.5, 0.6) is 0 Å². The molecule has 0 saturated carbocycles. The maximum absolute atomic E-state index is 14.9. The second kappa shape index (κ2) is 8.50. The number of hydrogen-bond acceptors (Lipinski definition) is 5. The number of ether oxygens (including phenoxy) is 2. The summed E-state index contributed by atoms with van der Waals surface area (Å²) in [6.45, 7) is 0. The Bertz CT molecular complexity index is 1160. The molecule has 0 amide bonds. The Morgan fingerprint density at radius 2 is 1.65 bits per heavy atom. The van der Waals surface area contributed by atoms with E-state index in [1.54, 1.807) is 18.2 Å². The second-order valence-electron chi connectivity index (χ2n) is 6.12. The Hall–Kier alpha value is -3.21. The minimum absolute atomic E-state index is 0.110. The highest BCUT2D eigenvalue weighted by Crippen LogP contribution is 2.39. The molecular formula is C20H13BrF4N2O4. The maximum Gasteiger partial charge on any atom is 0.419 e. The number of nitrogens with zero attached hydrogens (tertiary/aromatic N) is 2. The first-order valence-electron chi connectivity index (χ1n) is 8.51. The van der Waals surface area contributed by atoms with E-state index in [9.17, 15) is 27.2 Å². The molecule has 3 rings (SSSR count). The zero-order valence-corrected chi connectivity index (χ0v) is 17.5. The van der Waals surface area contributed by atoms with Crippen LogP contribution in [0, 0.1) is 5.82 Å². The van der Waals surface area contributed by atoms with Crippen LogP contribution in [0.25, 0.3) is 16.9 Å². The van der Waals surface area contributed by atoms with Crippen molar-refractivity contribution in [1.82, 2.24) is 9.78 Å². The van der Waals surface area contributed by atoms with E-state index in [0.29, 0.717) is 6.07 Å². The molecule has 0 bridgehead atoms. The number of benzene rings is 2. The van der Waals surface area contributed by atoms with Gasteiger partial charge in [-0.2, -0.15) is 18.3 Å². The monoisotopic (exact) mass is 500 g/mol. The van der Waals surface area contributed by atoms with Crippen LogP contribution in [0.15, 0.2) is 46.9 Å². The first kappa shape index (κ1) is 22.5. The zero-order valence-electron chi connectivity index (χ0n) is 16.0. The van der Waals surface area contributed by atoms with Crippen molar-refractivity contribution in [2.24, 2.45) is 0 Å². The number of para-hydroxylation sites is 1. The molecule has 1 heterocycles. The molecule has 162 valence electrons. The largest absolute Gasteiger partial charge is 0.465 e. The highest BCUT2D eigenvalue weighted by atomic mass is 79.9. The van der Waals surface area contributed by atoms with Crippen LogP contribution in [0.1, 0.15) is 26.4 Å². The summed E-state index contributed by atoms with van der Waals surface area (Å²) in [6.07, 6.45) is -5.01. The summed E-state index contributed by atoms with van der Waals surface area (Å²) in [5.41, 5.74) is -3.42. The molecule has 1 aromatic heterocycles. The predicted molar refractivity (Wildman–Crippen MR) is 104 cm³/mol. The third-order valence-corrected chi connectivity index (χ3v) is 4.71. The number of hydrogen-bond donors (Lipinski definition) is 0. The van der Waals surface area contributed by atoms with Gasteiger partial charge in [-0.1, -0.05) is 34.1 Å². The smallest absolute Gasteiger partial charge is 0.419 e. The van der Waals surface area contributed by atoms with Crippen molar-refractivity contribution < 1.29 is 36.6 Å². The quantitative estimate of drug-likeness (QED) is 0.371. The van der Waals surface area contributed by atoms with Gasteiger partial charge in [-0.15, -0.1) is 0 Å². The number of esters is 2. The average molecular weight is 501 g/mol. The summed E-state index contributed by atoms with van der Waals surface area (Å²) in [5, 5.41) is 4.10. The molecule has 0 radical (unpaired) electrons. The molecule has 0 aliphatic heterocycles. The summed E-state index contributed by atoms with van der Waals surface area (Å²) >= 11 is 2.92. The van der Waals surface area contributed by atoms with Crippen LogP contribution in [-0.4, -0.2) is 35.9 Å². The minimum atomic E-state index is -5.01. The fraction of sp³-hybridized carbons (Fsp3) is 0.150. The lowest BCUT2D eigenvalue weighted by Crippen LogP contribution is -2.15. The molecule has 0 spiro atoms. The lowest BCUT2D eigenvalue weighted by Gasteiger charge is -2.12. The van der Waals surface area contributed by atoms with E-state index in [-0.39, 0.29) is 10.2 Å². The first-order valence-corrected chi connectivity index (χ1v) is 9.31. The number of carbonyl (C=O) groups is 2. The van der Waals surface area contributed by atoms with Crippen molar-refractivity contribution in [1.29, 1.82) is 0 Å². The molecule has 11 heteroatoms. The summed E-state index contributed by atoms with van der Waals surface area (Å²) in [5.74, 6) is -3.78. The van der Waals surface area contributed by atoms with E-state index < -0.39 is 52.0 Å². The fourth-order valence-electron chi connectivity index (χ4n) is 2.91. The number of rotatable bonds is 4. The van der Waals surface area contributed by atoms with Crippen molar-refractivity contribution in [3.05, 3.63) is 69.6 Å². The van der Waals surface area contributed by atoms with Gasteiger partial charge >= 0.3 is 18.1 Å². The van der Waals surface area contributed by atoms with E-state index >= 15 is 0 Å². The summed E-state index contributed by atoms with van der Waals surface area (Å²) in [6, 6.07) is 9.54. The molecule has 0 unspecified atom stereocenters. The lowest BCUT2D eigenvalue weighted by molar-refractivity contribution is -0.139. The Balaban J connectivity index is 2.44. The third kappa shape index (κ3) is 4.18. The zero-order chi connectivity index (χ0) is 22.9. The molecule has 0 saturated heterocycles. The van der Waals surface area contributed by atoms with E-state index in [4.69, 9.17) is 9.47 Å². The molecule has 0 N–H and O–H groups in total. The van der Waals surface area contributed by atoms with Gasteiger partial charge in [0.1, 0.15) is 17.1 Å². The number of methoxy groups -OCH3 is 2. The van der Waals surface area contributed by atoms with Gasteiger partial charge in [-0.05, 0) is 24.3 Å². The maximum atomic E-state index is 14.9. The molecule has 0 fully saturated rings. The van der Waals surface area contributed by atoms with E-state index in [0.717, 1.165) is 25.0 Å². The van der Waals surface area contributed by atoms with Crippen LogP contribution in [0.2, 0.25) is 0 Å². The van der Waals surface area contributed by atoms with E-state index in [2.05, 4.69) is 21.0 Å². The lowest BCUT2D eigenvalue weighted by atomic mass is 10.0. The van der Waals surface area contributed by atoms with Gasteiger partial charge in [0.15, 0.2) is 5.69 Å². The number of alkyl halides is 3. The Morgan fingerprint density at radius 3 is 2.19 bits per heavy atom. The van der Waals surface area contributed by atoms with Crippen LogP contribution in [-0.2, 0) is 15.7 Å². The van der Waals surface area contributed by atoms with Crippen molar-refractivity contribution in [2.75, 3.05) is 14.2 Å². The predicted octanol–water partition coefficient (Wildman–Crippen LogP) is 5.03. The number of carbonyl (C=O) groups excluding carboxylic acids is 2. The van der Waals surface area contributed by atoms with Crippen LogP contribution in [0.4, 0.5) is 17.6 Å². The number of aromatic nitrogens is 2. The Labute approximate surface area is 181 Å². The van der Waals surface area contributed by atoms with Crippen molar-refractivity contribution in [2.45, 2.75) is 6.18 Å². The summed E-state index contributed by atoms with van der Waals surface area (Å²) in [4.78, 5) is 25.0. The van der Waals surface area contributed by atoms with Gasteiger partial charge in [0.2, 0.25) is 0 Å². The van der Waals surface area contributed by atoms with E-state index in [1.807, 2.05) is 0 Å². The van der Waals surface area contributed by atoms with Gasteiger partial charge in [-0.25, -0.2) is 18.7 Å². The van der Waals surface area contributed by atoms with Crippen molar-refractivity contribution in [3.8, 4) is 16.9 Å². The van der Waals surface area contributed by atoms with Crippen LogP contribution >= 0.6 is 15.9 Å². The van der Waals surface area contributed by atoms with Crippen LogP contribution in [0.3, 0.4) is 0 Å². The second-order valence-corrected chi connectivity index (χ2v) is 7.03. The molecule has 0 aliphatic rings. The SMILES string of the molecule is COC(=O)c1c(-c2cc(Br)cc(C(F)(F)F)c2F)nn(-c2ccccc2)c1C(=O)OC. The molecule has 6 nitrogen and oxygen atoms in total. The average Bonchev–Trinajstić information content (AvgIpc) is 3.14. The standard InChI is InChI=1S/C20H13BrF4N2O4/c1-30-18(28)14-16(12-8-10(21)9-13(15(12)22)20(23,24)25)26-27(17(14)19(29)31-2)11-6-4-3-5-7-11/h3-9H,1-2H3. The Morgan fingerprint density at radius 1 is 1.03 bits per heavy atom. The molecule has 31 heavy (non-hydrogen) atoms. The highest BCUT2D eigenvalue weighted by Gasteiger charge is 2.38.